The molecule has 1 saturated heterocycles. The number of nitrogens with zero attached hydrogens (tertiary/aromatic N) is 10. The number of benzene rings is 4. The van der Waals surface area contributed by atoms with E-state index in [2.05, 4.69) is 81.3 Å². The van der Waals surface area contributed by atoms with Crippen LogP contribution in [0.25, 0.3) is 110 Å². The summed E-state index contributed by atoms with van der Waals surface area (Å²) >= 11 is 0. The first kappa shape index (κ1) is 46.2. The number of H-pyrrole nitrogens is 2. The number of nitrogens with one attached hydrogen (secondary N) is 2. The first-order valence-electron chi connectivity index (χ1n) is 24.3. The Morgan fingerprint density at radius 2 is 1.09 bits per heavy atom. The maximum absolute atomic E-state index is 11.7. The van der Waals surface area contributed by atoms with Crippen molar-refractivity contribution in [2.45, 2.75) is 34.2 Å². The Bertz CT molecular complexity index is 4120. The van der Waals surface area contributed by atoms with Gasteiger partial charge in [0.15, 0.2) is 12.1 Å². The third-order valence-corrected chi connectivity index (χ3v) is 14.1. The van der Waals surface area contributed by atoms with Gasteiger partial charge in [0.05, 0.1) is 76.5 Å². The van der Waals surface area contributed by atoms with E-state index in [9.17, 15) is 4.79 Å². The Morgan fingerprint density at radius 3 is 1.58 bits per heavy atom. The number of methoxy groups -OCH3 is 2. The summed E-state index contributed by atoms with van der Waals surface area (Å²) in [6.07, 6.45) is 4.27. The summed E-state index contributed by atoms with van der Waals surface area (Å²) in [5, 5.41) is 13.9. The molecular weight excluding hydrogens is 933 g/mol. The van der Waals surface area contributed by atoms with Gasteiger partial charge in [-0.05, 0) is 83.3 Å². The molecule has 0 atom stereocenters. The van der Waals surface area contributed by atoms with Crippen LogP contribution in [-0.4, -0.2) is 114 Å². The highest BCUT2D eigenvalue weighted by Gasteiger charge is 2.25. The van der Waals surface area contributed by atoms with Crippen LogP contribution in [0.15, 0.2) is 106 Å². The molecule has 2 N–H and O–H groups in total. The molecule has 17 heteroatoms. The minimum absolute atomic E-state index is 0.105. The average Bonchev–Trinajstić information content (AvgIpc) is 4.19. The van der Waals surface area contributed by atoms with Crippen molar-refractivity contribution < 1.29 is 23.3 Å². The summed E-state index contributed by atoms with van der Waals surface area (Å²) in [4.78, 5) is 51.9. The number of fused-ring (bicyclic) bond motifs is 8. The molecular formula is C57H50N12O5. The first-order chi connectivity index (χ1) is 36.1. The smallest absolute Gasteiger partial charge is 0.195 e. The topological polar surface area (TPSA) is 203 Å². The number of aromatic nitrogens is 10. The van der Waals surface area contributed by atoms with E-state index < -0.39 is 0 Å². The molecule has 0 radical (unpaired) electrons. The zero-order chi connectivity index (χ0) is 50.8. The Balaban J connectivity index is 0.000000152. The lowest BCUT2D eigenvalue weighted by Gasteiger charge is -2.31. The number of piperazine rings is 1. The van der Waals surface area contributed by atoms with Crippen molar-refractivity contribution in [1.29, 1.82) is 0 Å². The summed E-state index contributed by atoms with van der Waals surface area (Å²) in [5.74, 6) is 3.79. The van der Waals surface area contributed by atoms with Gasteiger partial charge in [-0.2, -0.15) is 0 Å². The normalized spacial score (nSPS) is 13.4. The van der Waals surface area contributed by atoms with E-state index in [1.165, 1.54) is 0 Å². The number of aromatic amines is 2. The SMILES string of the molecule is COc1cc2c(cc1-c1c(C)noc1C)[nH]c1nc(C=O)nc(-c3ccnc4ccccc34)c12.COc1cc2c(cc1-c1c(C)noc1C)[nH]c1nc(CN3CCN(C)CC3)nc(-c3ccnc4ccccc34)c12. The summed E-state index contributed by atoms with van der Waals surface area (Å²) in [6, 6.07) is 28.2. The summed E-state index contributed by atoms with van der Waals surface area (Å²) in [7, 11) is 5.50. The van der Waals surface area contributed by atoms with Crippen LogP contribution in [0.4, 0.5) is 0 Å². The monoisotopic (exact) mass is 982 g/mol. The van der Waals surface area contributed by atoms with Gasteiger partial charge in [-0.1, -0.05) is 46.7 Å². The van der Waals surface area contributed by atoms with Crippen LogP contribution in [0.5, 0.6) is 11.5 Å². The summed E-state index contributed by atoms with van der Waals surface area (Å²) in [6.45, 7) is 12.4. The number of ether oxygens (including phenoxy) is 2. The molecule has 8 aromatic heterocycles. The number of para-hydroxylation sites is 2. The van der Waals surface area contributed by atoms with Crippen molar-refractivity contribution in [1.82, 2.24) is 60.0 Å². The van der Waals surface area contributed by atoms with Gasteiger partial charge in [-0.25, -0.2) is 19.9 Å². The summed E-state index contributed by atoms with van der Waals surface area (Å²) < 4.78 is 22.6. The molecule has 4 aromatic carbocycles. The number of carbonyl (C=O) groups is 1. The predicted molar refractivity (Wildman–Crippen MR) is 285 cm³/mol. The van der Waals surface area contributed by atoms with E-state index >= 15 is 0 Å². The second kappa shape index (κ2) is 18.6. The van der Waals surface area contributed by atoms with Gasteiger partial charge >= 0.3 is 0 Å². The maximum atomic E-state index is 11.7. The highest BCUT2D eigenvalue weighted by molar-refractivity contribution is 6.17. The Kier molecular flexibility index (Phi) is 11.6. The lowest BCUT2D eigenvalue weighted by atomic mass is 9.99. The van der Waals surface area contributed by atoms with Gasteiger partial charge in [0.25, 0.3) is 0 Å². The molecule has 1 fully saturated rings. The van der Waals surface area contributed by atoms with Gasteiger partial charge in [-0.3, -0.25) is 19.7 Å². The van der Waals surface area contributed by atoms with E-state index in [-0.39, 0.29) is 5.82 Å². The number of aryl methyl sites for hydroxylation is 4. The maximum Gasteiger partial charge on any atom is 0.195 e. The summed E-state index contributed by atoms with van der Waals surface area (Å²) in [5.41, 5.74) is 13.6. The minimum Gasteiger partial charge on any atom is -0.496 e. The number of pyridine rings is 2. The highest BCUT2D eigenvalue weighted by atomic mass is 16.5. The molecule has 74 heavy (non-hydrogen) atoms. The van der Waals surface area contributed by atoms with E-state index in [1.807, 2.05) is 94.6 Å². The van der Waals surface area contributed by atoms with Crippen LogP contribution >= 0.6 is 0 Å². The molecule has 0 unspecified atom stereocenters. The quantitative estimate of drug-likeness (QED) is 0.129. The van der Waals surface area contributed by atoms with Gasteiger partial charge < -0.3 is 33.4 Å². The number of carbonyl (C=O) groups excluding carboxylic acids is 1. The average molecular weight is 983 g/mol. The van der Waals surface area contributed by atoms with Crippen LogP contribution in [-0.2, 0) is 6.54 Å². The van der Waals surface area contributed by atoms with E-state index in [1.54, 1.807) is 20.4 Å². The minimum atomic E-state index is 0.105. The number of aldehydes is 1. The van der Waals surface area contributed by atoms with Crippen LogP contribution < -0.4 is 9.47 Å². The van der Waals surface area contributed by atoms with Crippen LogP contribution in [0.3, 0.4) is 0 Å². The second-order valence-electron chi connectivity index (χ2n) is 18.7. The second-order valence-corrected chi connectivity index (χ2v) is 18.7. The molecule has 17 nitrogen and oxygen atoms in total. The zero-order valence-corrected chi connectivity index (χ0v) is 41.9. The number of hydrogen-bond acceptors (Lipinski definition) is 15. The van der Waals surface area contributed by atoms with Crippen molar-refractivity contribution in [2.24, 2.45) is 0 Å². The number of likely N-dealkylation sites (N-methyl/N-ethyl adjacent to an activating group) is 1. The zero-order valence-electron chi connectivity index (χ0n) is 41.9. The third kappa shape index (κ3) is 7.93. The number of hydrogen-bond donors (Lipinski definition) is 2. The molecule has 0 amide bonds. The van der Waals surface area contributed by atoms with Crippen molar-refractivity contribution in [3.05, 3.63) is 132 Å². The largest absolute Gasteiger partial charge is 0.496 e. The van der Waals surface area contributed by atoms with Crippen molar-refractivity contribution in [3.8, 4) is 56.3 Å². The standard InChI is InChI=1S/C31H31N7O2.C26H19N5O3/c1-18-28(19(2)40-36-18)23-15-25-22(16-26(23)39-4)29-30(21-9-10-32-24-8-6-5-7-20(21)24)34-27(35-31(29)33-25)17-38-13-11-37(3)12-14-38;1-13-23(14(2)34-31-13)18-10-20-17(11-21(18)33-3)24-25(29-22(12-32)30-26(24)28-20)16-8-9-27-19-7-5-4-6-15(16)19/h5-10,15-16H,11-14,17H2,1-4H3,(H,33,34,35);4-12H,1-3H3,(H,28,29,30). The molecule has 13 rings (SSSR count). The predicted octanol–water partition coefficient (Wildman–Crippen LogP) is 10.8. The van der Waals surface area contributed by atoms with E-state index in [4.69, 9.17) is 28.5 Å². The number of rotatable bonds is 9. The van der Waals surface area contributed by atoms with Gasteiger partial charge in [0.2, 0.25) is 0 Å². The van der Waals surface area contributed by atoms with Crippen LogP contribution in [0.2, 0.25) is 0 Å². The molecule has 368 valence electrons. The molecule has 12 aromatic rings. The lowest BCUT2D eigenvalue weighted by molar-refractivity contribution is 0.111. The lowest BCUT2D eigenvalue weighted by Crippen LogP contribution is -2.44. The fourth-order valence-corrected chi connectivity index (χ4v) is 10.5. The Hall–Kier alpha value is -8.93. The van der Waals surface area contributed by atoms with Crippen molar-refractivity contribution >= 4 is 72.0 Å². The van der Waals surface area contributed by atoms with Crippen LogP contribution in [0, 0.1) is 27.7 Å². The highest BCUT2D eigenvalue weighted by Crippen LogP contribution is 2.44. The Morgan fingerprint density at radius 1 is 0.595 bits per heavy atom. The van der Waals surface area contributed by atoms with Gasteiger partial charge in [0.1, 0.15) is 40.1 Å². The van der Waals surface area contributed by atoms with Crippen molar-refractivity contribution in [2.75, 3.05) is 47.4 Å². The molecule has 0 aliphatic carbocycles. The van der Waals surface area contributed by atoms with Gasteiger partial charge in [0, 0.05) is 93.4 Å². The molecule has 1 aliphatic rings. The molecule has 9 heterocycles. The molecule has 0 bridgehead atoms. The van der Waals surface area contributed by atoms with Crippen molar-refractivity contribution in [3.63, 3.8) is 0 Å². The van der Waals surface area contributed by atoms with Gasteiger partial charge in [-0.15, -0.1) is 0 Å². The fourth-order valence-electron chi connectivity index (χ4n) is 10.5. The third-order valence-electron chi connectivity index (χ3n) is 14.1. The first-order valence-corrected chi connectivity index (χ1v) is 24.3. The Labute approximate surface area is 423 Å². The molecule has 0 spiro atoms. The molecule has 1 aliphatic heterocycles. The fraction of sp³-hybridized carbons (Fsp3) is 0.211. The molecule has 0 saturated carbocycles. The van der Waals surface area contributed by atoms with E-state index in [0.29, 0.717) is 35.7 Å². The van der Waals surface area contributed by atoms with Crippen LogP contribution in [0.1, 0.15) is 39.4 Å². The van der Waals surface area contributed by atoms with E-state index in [0.717, 1.165) is 154 Å².